The second-order valence-electron chi connectivity index (χ2n) is 2.02. The Kier molecular flexibility index (Phi) is 2.14. The van der Waals surface area contributed by atoms with Gasteiger partial charge >= 0.3 is 0 Å². The fourth-order valence-electron chi connectivity index (χ4n) is 0.654. The van der Waals surface area contributed by atoms with E-state index in [2.05, 4.69) is 15.9 Å². The number of carbonyl (C=O) groups is 1. The van der Waals surface area contributed by atoms with Gasteiger partial charge in [0.05, 0.1) is 5.97 Å². The van der Waals surface area contributed by atoms with Crippen molar-refractivity contribution < 1.29 is 9.90 Å². The van der Waals surface area contributed by atoms with Crippen molar-refractivity contribution in [1.29, 1.82) is 0 Å². The van der Waals surface area contributed by atoms with Gasteiger partial charge in [0.25, 0.3) is 0 Å². The molecular weight excluding hydrogens is 210 g/mol. The molecule has 0 aliphatic carbocycles. The summed E-state index contributed by atoms with van der Waals surface area (Å²) in [5.41, 5.74) is 6.05. The summed E-state index contributed by atoms with van der Waals surface area (Å²) in [6.07, 6.45) is 0. The average molecular weight is 215 g/mol. The van der Waals surface area contributed by atoms with Crippen LogP contribution in [-0.4, -0.2) is 5.97 Å². The van der Waals surface area contributed by atoms with Gasteiger partial charge < -0.3 is 15.6 Å². The zero-order valence-corrected chi connectivity index (χ0v) is 7.09. The van der Waals surface area contributed by atoms with Crippen molar-refractivity contribution in [3.8, 4) is 0 Å². The highest BCUT2D eigenvalue weighted by Crippen LogP contribution is 2.19. The van der Waals surface area contributed by atoms with Gasteiger partial charge in [-0.1, -0.05) is 6.07 Å². The highest BCUT2D eigenvalue weighted by Gasteiger charge is 1.97. The van der Waals surface area contributed by atoms with E-state index in [4.69, 9.17) is 5.73 Å². The Morgan fingerprint density at radius 1 is 1.55 bits per heavy atom. The monoisotopic (exact) mass is 214 g/mol. The van der Waals surface area contributed by atoms with Crippen LogP contribution in [0.1, 0.15) is 10.4 Å². The van der Waals surface area contributed by atoms with E-state index >= 15 is 0 Å². The number of nitrogens with two attached hydrogens (primary N) is 1. The molecule has 0 fully saturated rings. The van der Waals surface area contributed by atoms with Crippen molar-refractivity contribution in [3.63, 3.8) is 0 Å². The van der Waals surface area contributed by atoms with Crippen LogP contribution in [0, 0.1) is 0 Å². The molecular formula is C7H5BrNO2-. The molecule has 0 saturated heterocycles. The number of nitrogen functional groups attached to an aromatic ring is 1. The van der Waals surface area contributed by atoms with Gasteiger partial charge in [0.1, 0.15) is 0 Å². The first-order valence-electron chi connectivity index (χ1n) is 2.87. The van der Waals surface area contributed by atoms with Crippen LogP contribution in [0.3, 0.4) is 0 Å². The second kappa shape index (κ2) is 2.92. The van der Waals surface area contributed by atoms with E-state index in [0.717, 1.165) is 0 Å². The minimum absolute atomic E-state index is 0.117. The normalized spacial score (nSPS) is 9.55. The van der Waals surface area contributed by atoms with E-state index < -0.39 is 5.97 Å². The van der Waals surface area contributed by atoms with E-state index in [-0.39, 0.29) is 5.56 Å². The van der Waals surface area contributed by atoms with Gasteiger partial charge in [0.15, 0.2) is 0 Å². The first-order chi connectivity index (χ1) is 5.11. The van der Waals surface area contributed by atoms with Crippen LogP contribution in [0.25, 0.3) is 0 Å². The Balaban J connectivity index is 3.15. The summed E-state index contributed by atoms with van der Waals surface area (Å²) < 4.78 is 0.569. The van der Waals surface area contributed by atoms with Gasteiger partial charge in [-0.2, -0.15) is 0 Å². The molecule has 58 valence electrons. The number of hydrogen-bond donors (Lipinski definition) is 1. The SMILES string of the molecule is Nc1ccc(C(=O)[O-])cc1Br. The van der Waals surface area contributed by atoms with Gasteiger partial charge in [-0.15, -0.1) is 0 Å². The number of rotatable bonds is 1. The Hall–Kier alpha value is -1.03. The van der Waals surface area contributed by atoms with Crippen molar-refractivity contribution in [2.45, 2.75) is 0 Å². The Labute approximate surface area is 72.0 Å². The molecule has 0 aliphatic rings. The van der Waals surface area contributed by atoms with Crippen LogP contribution in [0.5, 0.6) is 0 Å². The van der Waals surface area contributed by atoms with Crippen LogP contribution in [0.2, 0.25) is 0 Å². The van der Waals surface area contributed by atoms with E-state index in [1.807, 2.05) is 0 Å². The van der Waals surface area contributed by atoms with Crippen molar-refractivity contribution in [2.75, 3.05) is 5.73 Å². The predicted molar refractivity (Wildman–Crippen MR) is 42.9 cm³/mol. The molecule has 0 atom stereocenters. The number of anilines is 1. The first-order valence-corrected chi connectivity index (χ1v) is 3.67. The lowest BCUT2D eigenvalue weighted by Crippen LogP contribution is -2.22. The maximum atomic E-state index is 10.3. The molecule has 0 spiro atoms. The number of aromatic carboxylic acids is 1. The van der Waals surface area contributed by atoms with E-state index in [1.54, 1.807) is 0 Å². The molecule has 0 saturated carbocycles. The minimum atomic E-state index is -1.20. The van der Waals surface area contributed by atoms with E-state index in [9.17, 15) is 9.90 Å². The maximum Gasteiger partial charge on any atom is 0.0715 e. The molecule has 3 nitrogen and oxygen atoms in total. The maximum absolute atomic E-state index is 10.3. The largest absolute Gasteiger partial charge is 0.545 e. The third-order valence-corrected chi connectivity index (χ3v) is 1.92. The number of carbonyl (C=O) groups excluding carboxylic acids is 1. The molecule has 0 bridgehead atoms. The highest BCUT2D eigenvalue weighted by molar-refractivity contribution is 9.10. The summed E-state index contributed by atoms with van der Waals surface area (Å²) in [7, 11) is 0. The molecule has 0 amide bonds. The summed E-state index contributed by atoms with van der Waals surface area (Å²) in [4.78, 5) is 10.3. The Morgan fingerprint density at radius 2 is 2.18 bits per heavy atom. The number of carboxylic acid groups (broad SMARTS) is 1. The molecule has 2 N–H and O–H groups in total. The van der Waals surface area contributed by atoms with Crippen LogP contribution >= 0.6 is 15.9 Å². The number of benzene rings is 1. The zero-order valence-electron chi connectivity index (χ0n) is 5.50. The standard InChI is InChI=1S/C7H6BrNO2/c8-5-3-4(7(10)11)1-2-6(5)9/h1-3H,9H2,(H,10,11)/p-1. The molecule has 0 aliphatic heterocycles. The summed E-state index contributed by atoms with van der Waals surface area (Å²) in [5, 5.41) is 10.3. The average Bonchev–Trinajstić information content (AvgIpc) is 1.94. The van der Waals surface area contributed by atoms with Gasteiger partial charge in [0, 0.05) is 10.2 Å². The van der Waals surface area contributed by atoms with Crippen LogP contribution in [0.15, 0.2) is 22.7 Å². The summed E-state index contributed by atoms with van der Waals surface area (Å²) in [6, 6.07) is 4.31. The fraction of sp³-hybridized carbons (Fsp3) is 0. The van der Waals surface area contributed by atoms with Crippen molar-refractivity contribution in [3.05, 3.63) is 28.2 Å². The highest BCUT2D eigenvalue weighted by atomic mass is 79.9. The zero-order chi connectivity index (χ0) is 8.43. The van der Waals surface area contributed by atoms with E-state index in [0.29, 0.717) is 10.2 Å². The smallest absolute Gasteiger partial charge is 0.0715 e. The second-order valence-corrected chi connectivity index (χ2v) is 2.88. The van der Waals surface area contributed by atoms with Crippen LogP contribution in [-0.2, 0) is 0 Å². The topological polar surface area (TPSA) is 66.2 Å². The number of hydrogen-bond acceptors (Lipinski definition) is 3. The lowest BCUT2D eigenvalue weighted by molar-refractivity contribution is -0.255. The lowest BCUT2D eigenvalue weighted by atomic mass is 10.2. The van der Waals surface area contributed by atoms with Gasteiger partial charge in [-0.05, 0) is 33.6 Å². The van der Waals surface area contributed by atoms with Crippen LogP contribution in [0.4, 0.5) is 5.69 Å². The third-order valence-electron chi connectivity index (χ3n) is 1.24. The Bertz CT molecular complexity index is 298. The number of carboxylic acids is 1. The minimum Gasteiger partial charge on any atom is -0.545 e. The van der Waals surface area contributed by atoms with Crippen LogP contribution < -0.4 is 10.8 Å². The fourth-order valence-corrected chi connectivity index (χ4v) is 1.03. The first kappa shape index (κ1) is 8.07. The van der Waals surface area contributed by atoms with Gasteiger partial charge in [0.2, 0.25) is 0 Å². The molecule has 0 heterocycles. The number of halogens is 1. The summed E-state index contributed by atoms with van der Waals surface area (Å²) in [5.74, 6) is -1.20. The molecule has 1 aromatic carbocycles. The lowest BCUT2D eigenvalue weighted by Gasteiger charge is -2.03. The van der Waals surface area contributed by atoms with E-state index in [1.165, 1.54) is 18.2 Å². The van der Waals surface area contributed by atoms with Crippen molar-refractivity contribution >= 4 is 27.6 Å². The predicted octanol–water partition coefficient (Wildman–Crippen LogP) is 0.395. The van der Waals surface area contributed by atoms with Crippen molar-refractivity contribution in [1.82, 2.24) is 0 Å². The molecule has 0 radical (unpaired) electrons. The molecule has 0 unspecified atom stereocenters. The molecule has 11 heavy (non-hydrogen) atoms. The summed E-state index contributed by atoms with van der Waals surface area (Å²) >= 11 is 3.10. The van der Waals surface area contributed by atoms with Gasteiger partial charge in [-0.3, -0.25) is 0 Å². The summed E-state index contributed by atoms with van der Waals surface area (Å²) in [6.45, 7) is 0. The Morgan fingerprint density at radius 3 is 2.64 bits per heavy atom. The quantitative estimate of drug-likeness (QED) is 0.689. The molecule has 4 heteroatoms. The molecule has 1 aromatic rings. The molecule has 0 aromatic heterocycles. The van der Waals surface area contributed by atoms with Gasteiger partial charge in [-0.25, -0.2) is 0 Å². The molecule has 1 rings (SSSR count). The van der Waals surface area contributed by atoms with Crippen molar-refractivity contribution in [2.24, 2.45) is 0 Å². The third kappa shape index (κ3) is 1.71.